The third-order valence-electron chi connectivity index (χ3n) is 3.71. The van der Waals surface area contributed by atoms with E-state index >= 15 is 0 Å². The third-order valence-corrected chi connectivity index (χ3v) is 4.66. The SMILES string of the molecule is CCCOC(=O)c1ccc(Nc2cc(F)cc(F)c2F)c([N+](=O)[O-])c1OS(=O)(=O)C(F)(F)F. The Kier molecular flexibility index (Phi) is 7.41. The molecule has 2 aromatic rings. The number of rotatable bonds is 8. The number of anilines is 2. The van der Waals surface area contributed by atoms with E-state index < -0.39 is 72.3 Å². The van der Waals surface area contributed by atoms with Crippen LogP contribution in [0.3, 0.4) is 0 Å². The lowest BCUT2D eigenvalue weighted by molar-refractivity contribution is -0.384. The van der Waals surface area contributed by atoms with Gasteiger partial charge in [0, 0.05) is 12.1 Å². The van der Waals surface area contributed by atoms with Crippen LogP contribution in [0, 0.1) is 27.6 Å². The van der Waals surface area contributed by atoms with Gasteiger partial charge in [-0.1, -0.05) is 6.92 Å². The molecule has 9 nitrogen and oxygen atoms in total. The molecule has 0 aliphatic rings. The summed E-state index contributed by atoms with van der Waals surface area (Å²) < 4.78 is 111. The molecule has 0 atom stereocenters. The van der Waals surface area contributed by atoms with E-state index in [9.17, 15) is 49.7 Å². The molecule has 2 rings (SSSR count). The number of hydrogen-bond donors (Lipinski definition) is 1. The third kappa shape index (κ3) is 5.63. The zero-order valence-electron chi connectivity index (χ0n) is 16.2. The van der Waals surface area contributed by atoms with Gasteiger partial charge in [0.2, 0.25) is 5.75 Å². The van der Waals surface area contributed by atoms with Crippen LogP contribution in [0.2, 0.25) is 0 Å². The van der Waals surface area contributed by atoms with E-state index in [0.717, 1.165) is 0 Å². The van der Waals surface area contributed by atoms with Crippen LogP contribution in [-0.2, 0) is 14.9 Å². The second-order valence-corrected chi connectivity index (χ2v) is 7.63. The quantitative estimate of drug-likeness (QED) is 0.106. The van der Waals surface area contributed by atoms with E-state index in [1.165, 1.54) is 0 Å². The fourth-order valence-corrected chi connectivity index (χ4v) is 2.80. The number of nitro benzene ring substituents is 1. The molecule has 0 unspecified atom stereocenters. The van der Waals surface area contributed by atoms with E-state index in [1.807, 2.05) is 5.32 Å². The highest BCUT2D eigenvalue weighted by Gasteiger charge is 2.50. The molecule has 0 amide bonds. The van der Waals surface area contributed by atoms with Gasteiger partial charge in [-0.3, -0.25) is 10.1 Å². The molecule has 180 valence electrons. The number of carbonyl (C=O) groups is 1. The lowest BCUT2D eigenvalue weighted by atomic mass is 10.1. The zero-order chi connectivity index (χ0) is 25.1. The maximum Gasteiger partial charge on any atom is 0.534 e. The smallest absolute Gasteiger partial charge is 0.462 e. The van der Waals surface area contributed by atoms with E-state index in [2.05, 4.69) is 8.92 Å². The highest BCUT2D eigenvalue weighted by molar-refractivity contribution is 7.88. The number of nitro groups is 1. The van der Waals surface area contributed by atoms with Crippen molar-refractivity contribution in [2.24, 2.45) is 0 Å². The second-order valence-electron chi connectivity index (χ2n) is 6.09. The van der Waals surface area contributed by atoms with Crippen LogP contribution in [0.15, 0.2) is 24.3 Å². The Morgan fingerprint density at radius 1 is 1.15 bits per heavy atom. The molecular formula is C17H12F6N2O7S. The molecule has 0 aliphatic carbocycles. The second kappa shape index (κ2) is 9.51. The predicted octanol–water partition coefficient (Wildman–Crippen LogP) is 4.55. The molecule has 0 saturated carbocycles. The minimum atomic E-state index is -6.53. The summed E-state index contributed by atoms with van der Waals surface area (Å²) in [4.78, 5) is 22.3. The van der Waals surface area contributed by atoms with Crippen molar-refractivity contribution in [3.8, 4) is 5.75 Å². The first-order chi connectivity index (χ1) is 15.2. The molecule has 16 heteroatoms. The molecule has 0 saturated heterocycles. The number of alkyl halides is 3. The molecule has 33 heavy (non-hydrogen) atoms. The Labute approximate surface area is 181 Å². The number of esters is 1. The Hall–Kier alpha value is -3.56. The van der Waals surface area contributed by atoms with Gasteiger partial charge in [0.25, 0.3) is 0 Å². The van der Waals surface area contributed by atoms with Crippen LogP contribution in [0.25, 0.3) is 0 Å². The van der Waals surface area contributed by atoms with E-state index in [4.69, 9.17) is 0 Å². The van der Waals surface area contributed by atoms with Crippen molar-refractivity contribution in [1.82, 2.24) is 0 Å². The van der Waals surface area contributed by atoms with Crippen LogP contribution in [-0.4, -0.2) is 31.4 Å². The zero-order valence-corrected chi connectivity index (χ0v) is 17.0. The lowest BCUT2D eigenvalue weighted by Crippen LogP contribution is -2.29. The van der Waals surface area contributed by atoms with Crippen molar-refractivity contribution in [3.63, 3.8) is 0 Å². The molecule has 0 heterocycles. The Bertz CT molecular complexity index is 1200. The minimum absolute atomic E-state index is 0.145. The van der Waals surface area contributed by atoms with Gasteiger partial charge in [-0.2, -0.15) is 21.6 Å². The van der Waals surface area contributed by atoms with Gasteiger partial charge in [-0.15, -0.1) is 0 Å². The Balaban J connectivity index is 2.76. The van der Waals surface area contributed by atoms with E-state index in [1.54, 1.807) is 6.92 Å². The van der Waals surface area contributed by atoms with Crippen molar-refractivity contribution in [3.05, 3.63) is 57.4 Å². The van der Waals surface area contributed by atoms with Crippen molar-refractivity contribution in [2.45, 2.75) is 18.9 Å². The maximum absolute atomic E-state index is 14.0. The van der Waals surface area contributed by atoms with Crippen molar-refractivity contribution >= 4 is 33.1 Å². The summed E-state index contributed by atoms with van der Waals surface area (Å²) in [7, 11) is -6.53. The molecule has 2 aromatic carbocycles. The fraction of sp³-hybridized carbons (Fsp3) is 0.235. The molecule has 1 N–H and O–H groups in total. The van der Waals surface area contributed by atoms with Gasteiger partial charge in [0.15, 0.2) is 11.6 Å². The largest absolute Gasteiger partial charge is 0.534 e. The number of benzene rings is 2. The van der Waals surface area contributed by atoms with Crippen LogP contribution in [0.5, 0.6) is 5.75 Å². The monoisotopic (exact) mass is 502 g/mol. The van der Waals surface area contributed by atoms with E-state index in [0.29, 0.717) is 18.2 Å². The number of hydrogen-bond acceptors (Lipinski definition) is 8. The van der Waals surface area contributed by atoms with E-state index in [-0.39, 0.29) is 19.1 Å². The van der Waals surface area contributed by atoms with Crippen LogP contribution < -0.4 is 9.50 Å². The fourth-order valence-electron chi connectivity index (χ4n) is 2.32. The van der Waals surface area contributed by atoms with Crippen molar-refractivity contribution < 1.29 is 53.4 Å². The predicted molar refractivity (Wildman–Crippen MR) is 98.9 cm³/mol. The first-order valence-corrected chi connectivity index (χ1v) is 10.0. The van der Waals surface area contributed by atoms with Gasteiger partial charge < -0.3 is 14.2 Å². The number of nitrogens with zero attached hydrogens (tertiary/aromatic N) is 1. The van der Waals surface area contributed by atoms with Gasteiger partial charge in [-0.05, 0) is 18.6 Å². The molecule has 0 fully saturated rings. The summed E-state index contributed by atoms with van der Waals surface area (Å²) in [5, 5.41) is 13.5. The number of halogens is 6. The van der Waals surface area contributed by atoms with Gasteiger partial charge >= 0.3 is 27.3 Å². The normalized spacial score (nSPS) is 11.7. The standard InChI is InChI=1S/C17H12F6N2O7S/c1-2-5-31-16(26)9-3-4-11(24-12-7-8(18)6-10(19)13(12)20)14(25(27)28)15(9)32-33(29,30)17(21,22)23/h3-4,6-7,24H,2,5H2,1H3. The first kappa shape index (κ1) is 25.7. The highest BCUT2D eigenvalue weighted by Crippen LogP contribution is 2.42. The highest BCUT2D eigenvalue weighted by atomic mass is 32.2. The summed E-state index contributed by atoms with van der Waals surface area (Å²) in [6, 6.07) is 1.74. The molecule has 0 spiro atoms. The Morgan fingerprint density at radius 3 is 2.33 bits per heavy atom. The molecule has 0 aromatic heterocycles. The number of nitrogens with one attached hydrogen (secondary N) is 1. The molecule has 0 bridgehead atoms. The van der Waals surface area contributed by atoms with Gasteiger partial charge in [0.05, 0.1) is 17.2 Å². The van der Waals surface area contributed by atoms with Gasteiger partial charge in [0.1, 0.15) is 17.1 Å². The summed E-state index contributed by atoms with van der Waals surface area (Å²) in [5.74, 6) is -7.93. The van der Waals surface area contributed by atoms with Gasteiger partial charge in [-0.25, -0.2) is 18.0 Å². The average molecular weight is 502 g/mol. The van der Waals surface area contributed by atoms with Crippen LogP contribution in [0.4, 0.5) is 43.4 Å². The van der Waals surface area contributed by atoms with Crippen molar-refractivity contribution in [2.75, 3.05) is 11.9 Å². The average Bonchev–Trinajstić information content (AvgIpc) is 2.68. The summed E-state index contributed by atoms with van der Waals surface area (Å²) in [6.07, 6.45) is 0.231. The summed E-state index contributed by atoms with van der Waals surface area (Å²) in [5.41, 5.74) is -10.7. The first-order valence-electron chi connectivity index (χ1n) is 8.60. The van der Waals surface area contributed by atoms with Crippen molar-refractivity contribution in [1.29, 1.82) is 0 Å². The number of carbonyl (C=O) groups excluding carboxylic acids is 1. The number of ether oxygens (including phenoxy) is 1. The summed E-state index contributed by atoms with van der Waals surface area (Å²) >= 11 is 0. The summed E-state index contributed by atoms with van der Waals surface area (Å²) in [6.45, 7) is 1.26. The Morgan fingerprint density at radius 2 is 1.79 bits per heavy atom. The maximum atomic E-state index is 14.0. The molecule has 0 aliphatic heterocycles. The molecular weight excluding hydrogens is 490 g/mol. The van der Waals surface area contributed by atoms with Crippen LogP contribution >= 0.6 is 0 Å². The van der Waals surface area contributed by atoms with Crippen LogP contribution in [0.1, 0.15) is 23.7 Å². The topological polar surface area (TPSA) is 125 Å². The molecule has 0 radical (unpaired) electrons. The minimum Gasteiger partial charge on any atom is -0.462 e. The lowest BCUT2D eigenvalue weighted by Gasteiger charge is -2.15.